The highest BCUT2D eigenvalue weighted by molar-refractivity contribution is 6.46. The lowest BCUT2D eigenvalue weighted by Gasteiger charge is -2.16. The van der Waals surface area contributed by atoms with Crippen molar-refractivity contribution in [1.82, 2.24) is 0 Å². The van der Waals surface area contributed by atoms with E-state index in [4.69, 9.17) is 0 Å². The molecule has 4 heteroatoms. The lowest BCUT2D eigenvalue weighted by atomic mass is 9.97. The lowest BCUT2D eigenvalue weighted by Crippen LogP contribution is -2.32. The monoisotopic (exact) mass is 432 g/mol. The zero-order valence-electron chi connectivity index (χ0n) is 18.8. The average molecular weight is 433 g/mol. The first kappa shape index (κ1) is 20.7. The van der Waals surface area contributed by atoms with Crippen molar-refractivity contribution < 1.29 is 9.59 Å². The zero-order chi connectivity index (χ0) is 23.1. The van der Waals surface area contributed by atoms with Crippen LogP contribution in [0.25, 0.3) is 16.3 Å². The number of anilines is 2. The molecule has 5 rings (SSSR count). The number of fused-ring (bicyclic) bond motifs is 1. The lowest BCUT2D eigenvalue weighted by molar-refractivity contribution is -0.120. The van der Waals surface area contributed by atoms with Gasteiger partial charge in [-0.05, 0) is 61.0 Å². The molecule has 4 nitrogen and oxygen atoms in total. The van der Waals surface area contributed by atoms with Gasteiger partial charge >= 0.3 is 0 Å². The van der Waals surface area contributed by atoms with E-state index in [1.54, 1.807) is 6.07 Å². The molecule has 0 unspecified atom stereocenters. The Morgan fingerprint density at radius 3 is 2.21 bits per heavy atom. The van der Waals surface area contributed by atoms with Crippen LogP contribution >= 0.6 is 0 Å². The average Bonchev–Trinajstić information content (AvgIpc) is 3.03. The van der Waals surface area contributed by atoms with Crippen molar-refractivity contribution in [1.29, 1.82) is 0 Å². The fourth-order valence-corrected chi connectivity index (χ4v) is 4.46. The molecule has 4 aromatic rings. The van der Waals surface area contributed by atoms with Crippen LogP contribution < -0.4 is 10.2 Å². The Balaban J connectivity index is 1.69. The Hall–Kier alpha value is -4.18. The van der Waals surface area contributed by atoms with Crippen molar-refractivity contribution in [2.24, 2.45) is 0 Å². The van der Waals surface area contributed by atoms with Crippen molar-refractivity contribution in [3.05, 3.63) is 113 Å². The molecule has 1 heterocycles. The SMILES string of the molecule is Cc1cccc(N2C(=O)C(Nc3cccc4ccccc34)=C(c3ccc(C)cc3C)C2=O)c1. The third-order valence-corrected chi connectivity index (χ3v) is 6.04. The molecule has 1 N–H and O–H groups in total. The number of rotatable bonds is 4. The van der Waals surface area contributed by atoms with Crippen molar-refractivity contribution in [3.8, 4) is 0 Å². The Kier molecular flexibility index (Phi) is 5.06. The number of carbonyl (C=O) groups is 2. The van der Waals surface area contributed by atoms with Gasteiger partial charge in [-0.3, -0.25) is 9.59 Å². The van der Waals surface area contributed by atoms with Gasteiger partial charge in [0.2, 0.25) is 0 Å². The van der Waals surface area contributed by atoms with Gasteiger partial charge in [-0.15, -0.1) is 0 Å². The fourth-order valence-electron chi connectivity index (χ4n) is 4.46. The third kappa shape index (κ3) is 3.60. The summed E-state index contributed by atoms with van der Waals surface area (Å²) in [5.41, 5.74) is 5.85. The molecule has 0 saturated carbocycles. The topological polar surface area (TPSA) is 49.4 Å². The number of amides is 2. The molecular weight excluding hydrogens is 408 g/mol. The summed E-state index contributed by atoms with van der Waals surface area (Å²) in [6.07, 6.45) is 0. The van der Waals surface area contributed by atoms with Crippen molar-refractivity contribution in [3.63, 3.8) is 0 Å². The number of imide groups is 1. The Bertz CT molecular complexity index is 1460. The van der Waals surface area contributed by atoms with E-state index in [-0.39, 0.29) is 11.8 Å². The number of carbonyl (C=O) groups excluding carboxylic acids is 2. The van der Waals surface area contributed by atoms with Crippen LogP contribution in [0.1, 0.15) is 22.3 Å². The van der Waals surface area contributed by atoms with Crippen molar-refractivity contribution >= 4 is 39.5 Å². The molecule has 4 aromatic carbocycles. The van der Waals surface area contributed by atoms with Crippen LogP contribution in [0.2, 0.25) is 0 Å². The van der Waals surface area contributed by atoms with Gasteiger partial charge in [-0.2, -0.15) is 0 Å². The predicted molar refractivity (Wildman–Crippen MR) is 134 cm³/mol. The molecule has 33 heavy (non-hydrogen) atoms. The van der Waals surface area contributed by atoms with E-state index in [1.165, 1.54) is 4.90 Å². The summed E-state index contributed by atoms with van der Waals surface area (Å²) in [5.74, 6) is -0.672. The van der Waals surface area contributed by atoms with Gasteiger partial charge in [-0.25, -0.2) is 4.90 Å². The molecule has 0 aromatic heterocycles. The maximum absolute atomic E-state index is 13.7. The van der Waals surface area contributed by atoms with E-state index in [0.717, 1.165) is 38.7 Å². The number of nitrogens with one attached hydrogen (secondary N) is 1. The van der Waals surface area contributed by atoms with E-state index in [1.807, 2.05) is 99.6 Å². The molecule has 0 saturated heterocycles. The van der Waals surface area contributed by atoms with Gasteiger partial charge in [0.15, 0.2) is 0 Å². The van der Waals surface area contributed by atoms with Crippen molar-refractivity contribution in [2.45, 2.75) is 20.8 Å². The van der Waals surface area contributed by atoms with Crippen LogP contribution in [0.15, 0.2) is 90.6 Å². The number of hydrogen-bond donors (Lipinski definition) is 1. The summed E-state index contributed by atoms with van der Waals surface area (Å²) in [4.78, 5) is 28.7. The molecule has 2 amide bonds. The first-order chi connectivity index (χ1) is 15.9. The molecule has 0 atom stereocenters. The van der Waals surface area contributed by atoms with Gasteiger partial charge in [0.1, 0.15) is 5.70 Å². The number of benzene rings is 4. The van der Waals surface area contributed by atoms with E-state index in [9.17, 15) is 9.59 Å². The van der Waals surface area contributed by atoms with Crippen LogP contribution in [0.4, 0.5) is 11.4 Å². The first-order valence-corrected chi connectivity index (χ1v) is 11.0. The second kappa shape index (κ2) is 8.06. The number of hydrogen-bond acceptors (Lipinski definition) is 3. The third-order valence-electron chi connectivity index (χ3n) is 6.04. The van der Waals surface area contributed by atoms with Gasteiger partial charge in [0, 0.05) is 11.1 Å². The number of aryl methyl sites for hydroxylation is 3. The maximum Gasteiger partial charge on any atom is 0.282 e. The summed E-state index contributed by atoms with van der Waals surface area (Å²) in [7, 11) is 0. The number of nitrogens with zero attached hydrogens (tertiary/aromatic N) is 1. The maximum atomic E-state index is 13.7. The minimum absolute atomic E-state index is 0.296. The van der Waals surface area contributed by atoms with Gasteiger partial charge in [-0.1, -0.05) is 72.3 Å². The van der Waals surface area contributed by atoms with E-state index in [0.29, 0.717) is 17.0 Å². The Labute approximate surface area is 193 Å². The zero-order valence-corrected chi connectivity index (χ0v) is 18.8. The largest absolute Gasteiger partial charge is 0.350 e. The molecule has 0 aliphatic carbocycles. The summed E-state index contributed by atoms with van der Waals surface area (Å²) in [6, 6.07) is 27.3. The molecule has 162 valence electrons. The summed E-state index contributed by atoms with van der Waals surface area (Å²) >= 11 is 0. The minimum Gasteiger partial charge on any atom is -0.350 e. The highest BCUT2D eigenvalue weighted by Crippen LogP contribution is 2.36. The smallest absolute Gasteiger partial charge is 0.282 e. The highest BCUT2D eigenvalue weighted by atomic mass is 16.2. The van der Waals surface area contributed by atoms with Gasteiger partial charge < -0.3 is 5.32 Å². The summed E-state index contributed by atoms with van der Waals surface area (Å²) in [5, 5.41) is 5.38. The van der Waals surface area contributed by atoms with Crippen LogP contribution in [0, 0.1) is 20.8 Å². The molecule has 0 fully saturated rings. The van der Waals surface area contributed by atoms with Gasteiger partial charge in [0.05, 0.1) is 11.3 Å². The summed E-state index contributed by atoms with van der Waals surface area (Å²) < 4.78 is 0. The summed E-state index contributed by atoms with van der Waals surface area (Å²) in [6.45, 7) is 5.93. The van der Waals surface area contributed by atoms with E-state index >= 15 is 0 Å². The Morgan fingerprint density at radius 2 is 1.42 bits per heavy atom. The van der Waals surface area contributed by atoms with E-state index in [2.05, 4.69) is 5.32 Å². The standard InChI is InChI=1S/C29H24N2O2/c1-18-8-6-11-22(17-18)31-28(32)26(23-15-14-19(2)16-20(23)3)27(29(31)33)30-25-13-7-10-21-9-4-5-12-24(21)25/h4-17,30H,1-3H3. The normalized spacial score (nSPS) is 13.8. The second-order valence-electron chi connectivity index (χ2n) is 8.50. The molecule has 1 aliphatic heterocycles. The Morgan fingerprint density at radius 1 is 0.697 bits per heavy atom. The van der Waals surface area contributed by atoms with Crippen molar-refractivity contribution in [2.75, 3.05) is 10.2 Å². The molecule has 0 radical (unpaired) electrons. The van der Waals surface area contributed by atoms with Gasteiger partial charge in [0.25, 0.3) is 11.8 Å². The minimum atomic E-state index is -0.353. The molecule has 1 aliphatic rings. The van der Waals surface area contributed by atoms with Crippen LogP contribution in [0.3, 0.4) is 0 Å². The molecular formula is C29H24N2O2. The highest BCUT2D eigenvalue weighted by Gasteiger charge is 2.40. The quantitative estimate of drug-likeness (QED) is 0.393. The van der Waals surface area contributed by atoms with Crippen LogP contribution in [0.5, 0.6) is 0 Å². The predicted octanol–water partition coefficient (Wildman–Crippen LogP) is 6.16. The fraction of sp³-hybridized carbons (Fsp3) is 0.103. The van der Waals surface area contributed by atoms with Crippen LogP contribution in [-0.2, 0) is 9.59 Å². The van der Waals surface area contributed by atoms with Crippen LogP contribution in [-0.4, -0.2) is 11.8 Å². The second-order valence-corrected chi connectivity index (χ2v) is 8.50. The van der Waals surface area contributed by atoms with E-state index < -0.39 is 0 Å². The first-order valence-electron chi connectivity index (χ1n) is 11.0. The molecule has 0 bridgehead atoms. The molecule has 0 spiro atoms.